The third-order valence-corrected chi connectivity index (χ3v) is 3.99. The highest BCUT2D eigenvalue weighted by molar-refractivity contribution is 7.11. The Morgan fingerprint density at radius 1 is 1.24 bits per heavy atom. The summed E-state index contributed by atoms with van der Waals surface area (Å²) in [5.74, 6) is -1.97. The lowest BCUT2D eigenvalue weighted by Gasteiger charge is -2.13. The summed E-state index contributed by atoms with van der Waals surface area (Å²) in [6.07, 6.45) is 0.323. The Kier molecular flexibility index (Phi) is 6.02. The number of amides is 3. The van der Waals surface area contributed by atoms with E-state index in [0.717, 1.165) is 0 Å². The molecule has 0 aliphatic rings. The predicted molar refractivity (Wildman–Crippen MR) is 91.9 cm³/mol. The van der Waals surface area contributed by atoms with Crippen molar-refractivity contribution in [3.63, 3.8) is 0 Å². The number of hydrogen-bond donors (Lipinski definition) is 2. The molecule has 1 heterocycles. The minimum Gasteiger partial charge on any atom is -0.449 e. The second kappa shape index (κ2) is 8.20. The van der Waals surface area contributed by atoms with Crippen LogP contribution in [0.25, 0.3) is 11.6 Å². The van der Waals surface area contributed by atoms with Gasteiger partial charge in [0.15, 0.2) is 6.10 Å². The molecule has 2 aromatic rings. The van der Waals surface area contributed by atoms with E-state index in [1.807, 2.05) is 5.32 Å². The molecule has 1 aromatic carbocycles. The van der Waals surface area contributed by atoms with Gasteiger partial charge in [-0.3, -0.25) is 10.1 Å². The number of carbonyl (C=O) groups excluding carboxylic acids is 3. The van der Waals surface area contributed by atoms with Gasteiger partial charge in [-0.15, -0.1) is 11.3 Å². The summed E-state index contributed by atoms with van der Waals surface area (Å²) in [6.45, 7) is 1.32. The first-order valence-corrected chi connectivity index (χ1v) is 8.07. The topological polar surface area (TPSA) is 98.5 Å². The van der Waals surface area contributed by atoms with Gasteiger partial charge in [-0.05, 0) is 42.1 Å². The minimum atomic E-state index is -1.21. The SMILES string of the molecule is CC(OC(=O)C(=Cc1ccc(F)cc1)c1cccs1)C(=O)NC(N)=O. The Morgan fingerprint density at radius 2 is 1.92 bits per heavy atom. The first-order valence-electron chi connectivity index (χ1n) is 7.19. The number of benzene rings is 1. The van der Waals surface area contributed by atoms with Gasteiger partial charge in [-0.1, -0.05) is 18.2 Å². The van der Waals surface area contributed by atoms with Gasteiger partial charge in [0, 0.05) is 4.88 Å². The van der Waals surface area contributed by atoms with Crippen LogP contribution in [0.15, 0.2) is 41.8 Å². The molecule has 2 rings (SSSR count). The van der Waals surface area contributed by atoms with E-state index in [1.165, 1.54) is 48.6 Å². The predicted octanol–water partition coefficient (Wildman–Crippen LogP) is 2.55. The maximum atomic E-state index is 13.0. The van der Waals surface area contributed by atoms with Crippen molar-refractivity contribution in [1.82, 2.24) is 5.32 Å². The van der Waals surface area contributed by atoms with Gasteiger partial charge in [0.05, 0.1) is 5.57 Å². The van der Waals surface area contributed by atoms with Crippen LogP contribution in [0, 0.1) is 5.82 Å². The molecule has 0 aliphatic heterocycles. The molecule has 0 aliphatic carbocycles. The molecule has 130 valence electrons. The van der Waals surface area contributed by atoms with E-state index in [0.29, 0.717) is 10.4 Å². The third kappa shape index (κ3) is 5.25. The molecule has 1 unspecified atom stereocenters. The molecule has 0 spiro atoms. The zero-order valence-electron chi connectivity index (χ0n) is 13.2. The fraction of sp³-hybridized carbons (Fsp3) is 0.118. The largest absolute Gasteiger partial charge is 0.449 e. The summed E-state index contributed by atoms with van der Waals surface area (Å²) in [6, 6.07) is 8.01. The molecule has 1 aromatic heterocycles. The fourth-order valence-electron chi connectivity index (χ4n) is 1.89. The number of carbonyl (C=O) groups is 3. The van der Waals surface area contributed by atoms with Crippen molar-refractivity contribution in [3.8, 4) is 0 Å². The number of thiophene rings is 1. The number of nitrogens with one attached hydrogen (secondary N) is 1. The van der Waals surface area contributed by atoms with Gasteiger partial charge in [0.2, 0.25) is 0 Å². The van der Waals surface area contributed by atoms with Crippen molar-refractivity contribution < 1.29 is 23.5 Å². The van der Waals surface area contributed by atoms with Crippen molar-refractivity contribution in [3.05, 3.63) is 58.0 Å². The van der Waals surface area contributed by atoms with Gasteiger partial charge < -0.3 is 10.5 Å². The van der Waals surface area contributed by atoms with E-state index in [4.69, 9.17) is 10.5 Å². The molecular weight excluding hydrogens is 347 g/mol. The van der Waals surface area contributed by atoms with Crippen LogP contribution in [0.3, 0.4) is 0 Å². The maximum absolute atomic E-state index is 13.0. The smallest absolute Gasteiger partial charge is 0.340 e. The summed E-state index contributed by atoms with van der Waals surface area (Å²) in [7, 11) is 0. The summed E-state index contributed by atoms with van der Waals surface area (Å²) in [5, 5.41) is 3.62. The molecule has 25 heavy (non-hydrogen) atoms. The first-order chi connectivity index (χ1) is 11.9. The zero-order chi connectivity index (χ0) is 18.4. The minimum absolute atomic E-state index is 0.209. The lowest BCUT2D eigenvalue weighted by atomic mass is 10.1. The molecule has 3 amide bonds. The fourth-order valence-corrected chi connectivity index (χ4v) is 2.62. The van der Waals surface area contributed by atoms with Crippen LogP contribution in [0.1, 0.15) is 17.4 Å². The Bertz CT molecular complexity index is 801. The van der Waals surface area contributed by atoms with Crippen LogP contribution in [0.2, 0.25) is 0 Å². The van der Waals surface area contributed by atoms with Crippen molar-refractivity contribution >= 4 is 40.9 Å². The normalized spacial score (nSPS) is 12.3. The molecular formula is C17H15FN2O4S. The number of urea groups is 1. The highest BCUT2D eigenvalue weighted by atomic mass is 32.1. The molecule has 3 N–H and O–H groups in total. The highest BCUT2D eigenvalue weighted by Gasteiger charge is 2.22. The van der Waals surface area contributed by atoms with E-state index in [2.05, 4.69) is 0 Å². The van der Waals surface area contributed by atoms with Crippen LogP contribution in [-0.2, 0) is 14.3 Å². The lowest BCUT2D eigenvalue weighted by molar-refractivity contribution is -0.148. The van der Waals surface area contributed by atoms with Crippen LogP contribution in [0.5, 0.6) is 0 Å². The number of halogens is 1. The average molecular weight is 362 g/mol. The van der Waals surface area contributed by atoms with Crippen LogP contribution < -0.4 is 11.1 Å². The van der Waals surface area contributed by atoms with Gasteiger partial charge in [-0.2, -0.15) is 0 Å². The van der Waals surface area contributed by atoms with E-state index in [9.17, 15) is 18.8 Å². The molecule has 6 nitrogen and oxygen atoms in total. The molecule has 0 saturated heterocycles. The van der Waals surface area contributed by atoms with Crippen molar-refractivity contribution in [2.75, 3.05) is 0 Å². The second-order valence-corrected chi connectivity index (χ2v) is 5.94. The Morgan fingerprint density at radius 3 is 2.48 bits per heavy atom. The number of nitrogens with two attached hydrogens (primary N) is 1. The number of rotatable bonds is 5. The Labute approximate surface area is 147 Å². The van der Waals surface area contributed by atoms with E-state index in [1.54, 1.807) is 17.5 Å². The standard InChI is InChI=1S/C17H15FN2O4S/c1-10(15(21)20-17(19)23)24-16(22)13(14-3-2-8-25-14)9-11-4-6-12(18)7-5-11/h2-10H,1H3,(H3,19,20,21,23). The quantitative estimate of drug-likeness (QED) is 0.631. The number of imide groups is 1. The van der Waals surface area contributed by atoms with Crippen molar-refractivity contribution in [1.29, 1.82) is 0 Å². The summed E-state index contributed by atoms with van der Waals surface area (Å²) in [4.78, 5) is 35.4. The maximum Gasteiger partial charge on any atom is 0.340 e. The summed E-state index contributed by atoms with van der Waals surface area (Å²) in [5.41, 5.74) is 5.66. The average Bonchev–Trinajstić information content (AvgIpc) is 3.07. The van der Waals surface area contributed by atoms with Crippen LogP contribution in [0.4, 0.5) is 9.18 Å². The summed E-state index contributed by atoms with van der Waals surface area (Å²) < 4.78 is 18.1. The van der Waals surface area contributed by atoms with Crippen molar-refractivity contribution in [2.24, 2.45) is 5.73 Å². The molecule has 1 atom stereocenters. The molecule has 0 saturated carbocycles. The van der Waals surface area contributed by atoms with E-state index < -0.39 is 29.8 Å². The van der Waals surface area contributed by atoms with Gasteiger partial charge in [0.25, 0.3) is 5.91 Å². The molecule has 0 bridgehead atoms. The molecule has 0 fully saturated rings. The zero-order valence-corrected chi connectivity index (χ0v) is 14.0. The Balaban J connectivity index is 2.24. The lowest BCUT2D eigenvalue weighted by Crippen LogP contribution is -2.42. The number of primary amides is 1. The molecule has 0 radical (unpaired) electrons. The number of ether oxygens (including phenoxy) is 1. The summed E-state index contributed by atoms with van der Waals surface area (Å²) >= 11 is 1.31. The second-order valence-electron chi connectivity index (χ2n) is 4.99. The monoisotopic (exact) mass is 362 g/mol. The number of hydrogen-bond acceptors (Lipinski definition) is 5. The van der Waals surface area contributed by atoms with Crippen LogP contribution >= 0.6 is 11.3 Å². The van der Waals surface area contributed by atoms with Crippen molar-refractivity contribution in [2.45, 2.75) is 13.0 Å². The number of esters is 1. The third-order valence-electron chi connectivity index (χ3n) is 3.09. The van der Waals surface area contributed by atoms with Gasteiger partial charge in [-0.25, -0.2) is 14.0 Å². The van der Waals surface area contributed by atoms with Gasteiger partial charge in [0.1, 0.15) is 5.82 Å². The van der Waals surface area contributed by atoms with Gasteiger partial charge >= 0.3 is 12.0 Å². The molecule has 8 heteroatoms. The van der Waals surface area contributed by atoms with E-state index in [-0.39, 0.29) is 5.57 Å². The highest BCUT2D eigenvalue weighted by Crippen LogP contribution is 2.25. The van der Waals surface area contributed by atoms with Crippen LogP contribution in [-0.4, -0.2) is 24.0 Å². The first kappa shape index (κ1) is 18.3. The van der Waals surface area contributed by atoms with E-state index >= 15 is 0 Å². The Hall–Kier alpha value is -3.00.